The molecule has 0 fully saturated rings. The first kappa shape index (κ1) is 60.2. The summed E-state index contributed by atoms with van der Waals surface area (Å²) in [7, 11) is 5.51. The molecule has 0 saturated carbocycles. The van der Waals surface area contributed by atoms with Crippen LogP contribution in [0.15, 0.2) is 97.2 Å². The van der Waals surface area contributed by atoms with Crippen LogP contribution in [0.25, 0.3) is 0 Å². The molecule has 0 amide bonds. The molecule has 0 aliphatic heterocycles. The predicted molar refractivity (Wildman–Crippen MR) is 270 cm³/mol. The summed E-state index contributed by atoms with van der Waals surface area (Å²) in [6.45, 7) is 4.54. The minimum Gasteiger partial charge on any atom is -0.477 e. The summed E-state index contributed by atoms with van der Waals surface area (Å²) >= 11 is 0. The molecular formula is C56H94NO7+. The van der Waals surface area contributed by atoms with Crippen molar-refractivity contribution in [2.75, 3.05) is 41.0 Å². The van der Waals surface area contributed by atoms with Crippen LogP contribution in [-0.2, 0) is 28.6 Å². The van der Waals surface area contributed by atoms with Crippen LogP contribution in [0.4, 0.5) is 0 Å². The number of hydrogen-bond acceptors (Lipinski definition) is 6. The van der Waals surface area contributed by atoms with Crippen molar-refractivity contribution < 1.29 is 38.2 Å². The Balaban J connectivity index is 4.37. The highest BCUT2D eigenvalue weighted by molar-refractivity contribution is 5.72. The Labute approximate surface area is 392 Å². The van der Waals surface area contributed by atoms with E-state index in [4.69, 9.17) is 14.2 Å². The number of carboxylic acid groups (broad SMARTS) is 1. The summed E-state index contributed by atoms with van der Waals surface area (Å²) in [5.41, 5.74) is 0. The van der Waals surface area contributed by atoms with Crippen molar-refractivity contribution in [3.05, 3.63) is 97.2 Å². The molecule has 2 atom stereocenters. The van der Waals surface area contributed by atoms with Crippen LogP contribution in [0.3, 0.4) is 0 Å². The number of likely N-dealkylation sites (N-methyl/N-ethyl adjacent to an activating group) is 1. The molecule has 0 radical (unpaired) electrons. The quantitative estimate of drug-likeness (QED) is 0.0214. The zero-order chi connectivity index (χ0) is 47.0. The van der Waals surface area contributed by atoms with Gasteiger partial charge in [0.05, 0.1) is 34.4 Å². The lowest BCUT2D eigenvalue weighted by atomic mass is 10.1. The monoisotopic (exact) mass is 893 g/mol. The fraction of sp³-hybridized carbons (Fsp3) is 0.661. The summed E-state index contributed by atoms with van der Waals surface area (Å²) in [5.74, 6) is -1.54. The van der Waals surface area contributed by atoms with Crippen LogP contribution in [0.1, 0.15) is 187 Å². The van der Waals surface area contributed by atoms with E-state index in [2.05, 4.69) is 111 Å². The zero-order valence-electron chi connectivity index (χ0n) is 41.4. The number of hydrogen-bond donors (Lipinski definition) is 1. The molecule has 2 unspecified atom stereocenters. The second-order valence-electron chi connectivity index (χ2n) is 17.7. The van der Waals surface area contributed by atoms with E-state index in [9.17, 15) is 19.5 Å². The minimum atomic E-state index is -0.886. The highest BCUT2D eigenvalue weighted by Crippen LogP contribution is 2.14. The van der Waals surface area contributed by atoms with Gasteiger partial charge in [0.1, 0.15) is 6.61 Å². The highest BCUT2D eigenvalue weighted by atomic mass is 16.6. The number of carbonyl (C=O) groups excluding carboxylic acids is 2. The molecule has 0 rings (SSSR count). The van der Waals surface area contributed by atoms with Gasteiger partial charge >= 0.3 is 17.9 Å². The van der Waals surface area contributed by atoms with Gasteiger partial charge in [0.25, 0.3) is 0 Å². The van der Waals surface area contributed by atoms with Crippen molar-refractivity contribution in [3.63, 3.8) is 0 Å². The van der Waals surface area contributed by atoms with Crippen LogP contribution < -0.4 is 0 Å². The first-order chi connectivity index (χ1) is 31.1. The van der Waals surface area contributed by atoms with Crippen molar-refractivity contribution in [3.8, 4) is 0 Å². The van der Waals surface area contributed by atoms with Crippen molar-refractivity contribution in [1.82, 2.24) is 0 Å². The number of aliphatic carboxylic acids is 1. The van der Waals surface area contributed by atoms with Crippen molar-refractivity contribution in [2.24, 2.45) is 0 Å². The summed E-state index contributed by atoms with van der Waals surface area (Å²) in [6, 6.07) is -0.629. The highest BCUT2D eigenvalue weighted by Gasteiger charge is 2.31. The lowest BCUT2D eigenvalue weighted by molar-refractivity contribution is -0.887. The second kappa shape index (κ2) is 45.8. The molecule has 364 valence electrons. The average molecular weight is 893 g/mol. The van der Waals surface area contributed by atoms with Gasteiger partial charge in [-0.15, -0.1) is 0 Å². The number of carboxylic acids is 1. The molecule has 0 aliphatic carbocycles. The Bertz CT molecular complexity index is 1360. The minimum absolute atomic E-state index is 0.0366. The Morgan fingerprint density at radius 2 is 0.922 bits per heavy atom. The molecule has 1 N–H and O–H groups in total. The van der Waals surface area contributed by atoms with E-state index in [0.29, 0.717) is 19.3 Å². The van der Waals surface area contributed by atoms with Gasteiger partial charge in [-0.2, -0.15) is 0 Å². The van der Waals surface area contributed by atoms with Crippen molar-refractivity contribution in [1.29, 1.82) is 0 Å². The normalized spacial score (nSPS) is 13.7. The summed E-state index contributed by atoms with van der Waals surface area (Å²) in [4.78, 5) is 37.1. The number of unbranched alkanes of at least 4 members (excludes halogenated alkanes) is 15. The Morgan fingerprint density at radius 3 is 1.42 bits per heavy atom. The van der Waals surface area contributed by atoms with Gasteiger partial charge in [0.15, 0.2) is 12.1 Å². The first-order valence-electron chi connectivity index (χ1n) is 25.3. The fourth-order valence-electron chi connectivity index (χ4n) is 6.85. The number of esters is 2. The van der Waals surface area contributed by atoms with Gasteiger partial charge in [0, 0.05) is 19.3 Å². The molecule has 0 aromatic rings. The van der Waals surface area contributed by atoms with E-state index in [-0.39, 0.29) is 42.7 Å². The number of nitrogens with zero attached hydrogens (tertiary/aromatic N) is 1. The van der Waals surface area contributed by atoms with E-state index in [0.717, 1.165) is 70.6 Å². The van der Waals surface area contributed by atoms with Crippen LogP contribution >= 0.6 is 0 Å². The van der Waals surface area contributed by atoms with Gasteiger partial charge in [-0.25, -0.2) is 4.79 Å². The molecule has 0 aromatic carbocycles. The van der Waals surface area contributed by atoms with E-state index < -0.39 is 18.1 Å². The van der Waals surface area contributed by atoms with Gasteiger partial charge in [0.2, 0.25) is 0 Å². The molecular weight excluding hydrogens is 799 g/mol. The molecule has 8 heteroatoms. The molecule has 0 spiro atoms. The Morgan fingerprint density at radius 1 is 0.500 bits per heavy atom. The maximum atomic E-state index is 12.8. The molecule has 0 aromatic heterocycles. The van der Waals surface area contributed by atoms with Crippen molar-refractivity contribution in [2.45, 2.75) is 199 Å². The predicted octanol–water partition coefficient (Wildman–Crippen LogP) is 14.6. The number of quaternary nitrogens is 1. The average Bonchev–Trinajstić information content (AvgIpc) is 3.26. The molecule has 8 nitrogen and oxygen atoms in total. The molecule has 0 saturated heterocycles. The largest absolute Gasteiger partial charge is 0.477 e. The van der Waals surface area contributed by atoms with Gasteiger partial charge in [-0.05, 0) is 89.9 Å². The number of ether oxygens (including phenoxy) is 3. The standard InChI is InChI=1S/C56H93NO7/c1-6-8-10-12-14-16-18-20-22-24-26-27-29-31-33-35-37-39-41-43-45-47-55(59)64-52(50-62-49-48-53(56(60)61)57(3,4)5)51-63-54(58)46-44-42-40-38-36-34-32-30-28-25-23-21-19-17-15-13-11-9-7-2/h8,10,14-17,19-22,26-27,31,33,37,39,52-53H,6-7,9,11-13,18,23-25,28-30,32,34-36,38,40-51H2,1-5H3/p+1/b10-8+,16-14+,17-15+,21-19+,22-20+,27-26+,33-31+,39-37+. The summed E-state index contributed by atoms with van der Waals surface area (Å²) in [6.07, 6.45) is 61.7. The lowest BCUT2D eigenvalue weighted by Crippen LogP contribution is -2.50. The van der Waals surface area contributed by atoms with E-state index in [1.165, 1.54) is 77.0 Å². The molecule has 0 aliphatic rings. The van der Waals surface area contributed by atoms with Gasteiger partial charge < -0.3 is 23.8 Å². The van der Waals surface area contributed by atoms with Crippen LogP contribution in [-0.4, -0.2) is 80.6 Å². The van der Waals surface area contributed by atoms with Crippen LogP contribution in [0.2, 0.25) is 0 Å². The van der Waals surface area contributed by atoms with Gasteiger partial charge in [-0.3, -0.25) is 9.59 Å². The third-order valence-corrected chi connectivity index (χ3v) is 10.7. The number of allylic oxidation sites excluding steroid dienone is 16. The van der Waals surface area contributed by atoms with Crippen LogP contribution in [0.5, 0.6) is 0 Å². The topological polar surface area (TPSA) is 99.1 Å². The Kier molecular flexibility index (Phi) is 43.1. The third kappa shape index (κ3) is 43.5. The maximum absolute atomic E-state index is 12.8. The van der Waals surface area contributed by atoms with Crippen molar-refractivity contribution >= 4 is 17.9 Å². The summed E-state index contributed by atoms with van der Waals surface area (Å²) < 4.78 is 17.3. The van der Waals surface area contributed by atoms with E-state index >= 15 is 0 Å². The first-order valence-corrected chi connectivity index (χ1v) is 25.3. The van der Waals surface area contributed by atoms with E-state index in [1.54, 1.807) is 0 Å². The second-order valence-corrected chi connectivity index (χ2v) is 17.7. The third-order valence-electron chi connectivity index (χ3n) is 10.7. The Hall–Kier alpha value is -3.75. The summed E-state index contributed by atoms with van der Waals surface area (Å²) in [5, 5.41) is 9.65. The molecule has 64 heavy (non-hydrogen) atoms. The SMILES string of the molecule is CC/C=C/C/C=C/C/C=C/C/C=C/C/C=C/C/C=C/CCCCC(=O)OC(COCCC(C(=O)O)[N+](C)(C)C)COC(=O)CCCCCCCCCCCC/C=C/C=C/CCCCC. The zero-order valence-corrected chi connectivity index (χ0v) is 41.4. The maximum Gasteiger partial charge on any atom is 0.362 e. The number of carbonyl (C=O) groups is 3. The van der Waals surface area contributed by atoms with Crippen LogP contribution in [0, 0.1) is 0 Å². The fourth-order valence-corrected chi connectivity index (χ4v) is 6.85. The van der Waals surface area contributed by atoms with E-state index in [1.807, 2.05) is 21.1 Å². The molecule has 0 heterocycles. The lowest BCUT2D eigenvalue weighted by Gasteiger charge is -2.31. The number of rotatable bonds is 44. The van der Waals surface area contributed by atoms with Gasteiger partial charge in [-0.1, -0.05) is 175 Å². The molecule has 0 bridgehead atoms. The smallest absolute Gasteiger partial charge is 0.362 e.